The molecule has 1 aromatic carbocycles. The largest absolute Gasteiger partial charge is 0.464 e. The van der Waals surface area contributed by atoms with Crippen LogP contribution in [0.15, 0.2) is 23.0 Å². The first kappa shape index (κ1) is 23.2. The molecule has 0 aliphatic rings. The van der Waals surface area contributed by atoms with Gasteiger partial charge in [-0.25, -0.2) is 9.78 Å². The Morgan fingerprint density at radius 2 is 1.90 bits per heavy atom. The highest BCUT2D eigenvalue weighted by molar-refractivity contribution is 7.19. The van der Waals surface area contributed by atoms with Gasteiger partial charge < -0.3 is 9.47 Å². The van der Waals surface area contributed by atoms with E-state index in [1.165, 1.54) is 21.5 Å². The fraction of sp³-hybridized carbons (Fsp3) is 0.458. The van der Waals surface area contributed by atoms with Crippen LogP contribution >= 0.6 is 11.3 Å². The predicted octanol–water partition coefficient (Wildman–Crippen LogP) is 4.54. The molecule has 6 nitrogen and oxygen atoms in total. The average molecular weight is 443 g/mol. The van der Waals surface area contributed by atoms with E-state index in [0.717, 1.165) is 21.6 Å². The number of rotatable bonds is 7. The molecular weight excluding hydrogens is 412 g/mol. The molecule has 31 heavy (non-hydrogen) atoms. The number of nitrogens with zero attached hydrogens (tertiary/aromatic N) is 2. The number of benzene rings is 1. The molecule has 0 N–H and O–H groups in total. The van der Waals surface area contributed by atoms with Crippen LogP contribution in [0.4, 0.5) is 0 Å². The Hall–Kier alpha value is -2.51. The lowest BCUT2D eigenvalue weighted by Crippen LogP contribution is -2.46. The number of esters is 1. The maximum Gasteiger partial charge on any atom is 0.331 e. The lowest BCUT2D eigenvalue weighted by Gasteiger charge is -2.27. The zero-order valence-electron chi connectivity index (χ0n) is 19.3. The summed E-state index contributed by atoms with van der Waals surface area (Å²) in [7, 11) is 1.60. The van der Waals surface area contributed by atoms with Gasteiger partial charge in [-0.15, -0.1) is 11.3 Å². The minimum absolute atomic E-state index is 0.230. The van der Waals surface area contributed by atoms with Crippen molar-refractivity contribution in [3.8, 4) is 11.1 Å². The van der Waals surface area contributed by atoms with Crippen molar-refractivity contribution < 1.29 is 14.3 Å². The summed E-state index contributed by atoms with van der Waals surface area (Å²) in [6.07, 6.45) is 0.417. The van der Waals surface area contributed by atoms with Gasteiger partial charge in [0.1, 0.15) is 16.2 Å². The molecule has 0 radical (unpaired) electrons. The number of methoxy groups -OCH3 is 1. The number of thiophene rings is 1. The number of hydrogen-bond acceptors (Lipinski definition) is 6. The number of carbonyl (C=O) groups is 1. The molecule has 0 saturated heterocycles. The van der Waals surface area contributed by atoms with Crippen LogP contribution in [0.25, 0.3) is 21.3 Å². The second-order valence-corrected chi connectivity index (χ2v) is 9.41. The summed E-state index contributed by atoms with van der Waals surface area (Å²) in [4.78, 5) is 33.2. The van der Waals surface area contributed by atoms with Crippen molar-refractivity contribution >= 4 is 27.5 Å². The predicted molar refractivity (Wildman–Crippen MR) is 125 cm³/mol. The fourth-order valence-corrected chi connectivity index (χ4v) is 4.84. The summed E-state index contributed by atoms with van der Waals surface area (Å²) in [5.41, 5.74) is 2.79. The molecule has 0 fully saturated rings. The van der Waals surface area contributed by atoms with E-state index in [0.29, 0.717) is 29.1 Å². The third-order valence-corrected chi connectivity index (χ3v) is 6.63. The van der Waals surface area contributed by atoms with Gasteiger partial charge >= 0.3 is 5.97 Å². The molecule has 0 aliphatic carbocycles. The van der Waals surface area contributed by atoms with Gasteiger partial charge in [-0.05, 0) is 58.2 Å². The molecule has 3 rings (SSSR count). The van der Waals surface area contributed by atoms with Crippen molar-refractivity contribution in [3.05, 3.63) is 50.4 Å². The van der Waals surface area contributed by atoms with E-state index in [2.05, 4.69) is 26.0 Å². The van der Waals surface area contributed by atoms with E-state index in [1.807, 2.05) is 13.0 Å². The molecule has 0 unspecified atom stereocenters. The van der Waals surface area contributed by atoms with E-state index in [1.54, 1.807) is 27.9 Å². The first-order valence-electron chi connectivity index (χ1n) is 10.4. The van der Waals surface area contributed by atoms with Gasteiger partial charge in [0.25, 0.3) is 5.56 Å². The average Bonchev–Trinajstić information content (AvgIpc) is 3.04. The van der Waals surface area contributed by atoms with Gasteiger partial charge in [0.05, 0.1) is 18.6 Å². The summed E-state index contributed by atoms with van der Waals surface area (Å²) < 4.78 is 12.0. The van der Waals surface area contributed by atoms with Crippen LogP contribution < -0.4 is 5.56 Å². The maximum atomic E-state index is 13.9. The van der Waals surface area contributed by atoms with E-state index in [-0.39, 0.29) is 12.2 Å². The minimum Gasteiger partial charge on any atom is -0.464 e. The number of aryl methyl sites for hydroxylation is 3. The Morgan fingerprint density at radius 1 is 1.19 bits per heavy atom. The highest BCUT2D eigenvalue weighted by Crippen LogP contribution is 2.37. The van der Waals surface area contributed by atoms with Gasteiger partial charge in [-0.1, -0.05) is 18.2 Å². The van der Waals surface area contributed by atoms with Crippen molar-refractivity contribution in [2.45, 2.75) is 53.5 Å². The smallest absolute Gasteiger partial charge is 0.331 e. The van der Waals surface area contributed by atoms with Crippen LogP contribution in [-0.4, -0.2) is 35.8 Å². The molecule has 2 heterocycles. The van der Waals surface area contributed by atoms with Gasteiger partial charge in [-0.3, -0.25) is 9.36 Å². The van der Waals surface area contributed by atoms with Crippen molar-refractivity contribution in [2.75, 3.05) is 20.3 Å². The lowest BCUT2D eigenvalue weighted by atomic mass is 9.98. The van der Waals surface area contributed by atoms with E-state index in [4.69, 9.17) is 14.5 Å². The summed E-state index contributed by atoms with van der Waals surface area (Å²) in [5, 5.41) is 0.546. The van der Waals surface area contributed by atoms with Gasteiger partial charge in [0, 0.05) is 24.0 Å². The SMILES string of the molecule is CCOC(=O)C(C)(C)n1c(CCOC)nc2sc(C)c(-c3ccc(C)c(C)c3)c2c1=O. The maximum absolute atomic E-state index is 13.9. The molecular formula is C24H30N2O4S. The highest BCUT2D eigenvalue weighted by atomic mass is 32.1. The molecule has 0 aliphatic heterocycles. The molecule has 0 saturated carbocycles. The van der Waals surface area contributed by atoms with Crippen molar-refractivity contribution in [1.82, 2.24) is 9.55 Å². The van der Waals surface area contributed by atoms with Gasteiger partial charge in [-0.2, -0.15) is 0 Å². The van der Waals surface area contributed by atoms with E-state index < -0.39 is 11.5 Å². The van der Waals surface area contributed by atoms with Crippen LogP contribution in [-0.2, 0) is 26.2 Å². The van der Waals surface area contributed by atoms with Crippen LogP contribution in [0.5, 0.6) is 0 Å². The number of hydrogen-bond donors (Lipinski definition) is 0. The second-order valence-electron chi connectivity index (χ2n) is 8.20. The Labute approximate surface area is 186 Å². The molecule has 2 aromatic heterocycles. The Balaban J connectivity index is 2.36. The number of ether oxygens (including phenoxy) is 2. The monoisotopic (exact) mass is 442 g/mol. The molecule has 0 bridgehead atoms. The lowest BCUT2D eigenvalue weighted by molar-refractivity contribution is -0.152. The number of aromatic nitrogens is 2. The molecule has 166 valence electrons. The molecule has 0 amide bonds. The Bertz CT molecular complexity index is 1190. The third-order valence-electron chi connectivity index (χ3n) is 5.63. The zero-order valence-corrected chi connectivity index (χ0v) is 20.1. The van der Waals surface area contributed by atoms with Crippen LogP contribution in [0, 0.1) is 20.8 Å². The number of carbonyl (C=O) groups excluding carboxylic acids is 1. The van der Waals surface area contributed by atoms with Gasteiger partial charge in [0.2, 0.25) is 0 Å². The Kier molecular flexibility index (Phi) is 6.67. The zero-order chi connectivity index (χ0) is 22.9. The summed E-state index contributed by atoms with van der Waals surface area (Å²) >= 11 is 1.50. The first-order chi connectivity index (χ1) is 14.6. The quantitative estimate of drug-likeness (QED) is 0.503. The standard InChI is InChI=1S/C24H30N2O4S/c1-8-30-23(28)24(5,6)26-18(11-12-29-7)25-21-20(22(26)27)19(16(4)31-21)17-10-9-14(2)15(3)13-17/h9-10,13H,8,11-12H2,1-7H3. The van der Waals surface area contributed by atoms with Crippen LogP contribution in [0.2, 0.25) is 0 Å². The number of fused-ring (bicyclic) bond motifs is 1. The van der Waals surface area contributed by atoms with Crippen molar-refractivity contribution in [3.63, 3.8) is 0 Å². The van der Waals surface area contributed by atoms with Gasteiger partial charge in [0.15, 0.2) is 0 Å². The first-order valence-corrected chi connectivity index (χ1v) is 11.2. The second kappa shape index (κ2) is 8.93. The topological polar surface area (TPSA) is 70.4 Å². The third kappa shape index (κ3) is 4.16. The minimum atomic E-state index is -1.20. The molecule has 0 spiro atoms. The van der Waals surface area contributed by atoms with Crippen molar-refractivity contribution in [1.29, 1.82) is 0 Å². The van der Waals surface area contributed by atoms with Crippen LogP contribution in [0.3, 0.4) is 0 Å². The van der Waals surface area contributed by atoms with E-state index >= 15 is 0 Å². The van der Waals surface area contributed by atoms with Crippen molar-refractivity contribution in [2.24, 2.45) is 0 Å². The summed E-state index contributed by atoms with van der Waals surface area (Å²) in [6, 6.07) is 6.20. The normalized spacial score (nSPS) is 11.8. The molecule has 0 atom stereocenters. The van der Waals surface area contributed by atoms with E-state index in [9.17, 15) is 9.59 Å². The fourth-order valence-electron chi connectivity index (χ4n) is 3.78. The molecule has 3 aromatic rings. The summed E-state index contributed by atoms with van der Waals surface area (Å²) in [5.74, 6) is 0.0573. The molecule has 7 heteroatoms. The Morgan fingerprint density at radius 3 is 2.52 bits per heavy atom. The summed E-state index contributed by atoms with van der Waals surface area (Å²) in [6.45, 7) is 11.9. The highest BCUT2D eigenvalue weighted by Gasteiger charge is 2.36. The van der Waals surface area contributed by atoms with Crippen LogP contribution in [0.1, 0.15) is 42.6 Å².